The highest BCUT2D eigenvalue weighted by atomic mass is 14.8. The molecular formula is C18H29N. The monoisotopic (exact) mass is 259 g/mol. The van der Waals surface area contributed by atoms with Crippen LogP contribution >= 0.6 is 0 Å². The molecule has 1 N–H and O–H groups in total. The number of aryl methyl sites for hydroxylation is 2. The van der Waals surface area contributed by atoms with Crippen LogP contribution in [0.1, 0.15) is 56.1 Å². The molecule has 1 aromatic rings. The van der Waals surface area contributed by atoms with Crippen molar-refractivity contribution < 1.29 is 0 Å². The molecule has 2 rings (SSSR count). The van der Waals surface area contributed by atoms with Gasteiger partial charge in [-0.05, 0) is 63.6 Å². The molecular weight excluding hydrogens is 230 g/mol. The van der Waals surface area contributed by atoms with Crippen LogP contribution in [-0.2, 0) is 6.42 Å². The predicted octanol–water partition coefficient (Wildman–Crippen LogP) is 4.49. The van der Waals surface area contributed by atoms with Crippen molar-refractivity contribution in [3.05, 3.63) is 35.4 Å². The Morgan fingerprint density at radius 3 is 2.32 bits per heavy atom. The summed E-state index contributed by atoms with van der Waals surface area (Å²) in [5.74, 6) is 0. The van der Waals surface area contributed by atoms with Gasteiger partial charge in [0.25, 0.3) is 0 Å². The molecule has 1 aromatic carbocycles. The van der Waals surface area contributed by atoms with Crippen molar-refractivity contribution in [3.63, 3.8) is 0 Å². The third kappa shape index (κ3) is 4.35. The van der Waals surface area contributed by atoms with Gasteiger partial charge in [-0.25, -0.2) is 0 Å². The summed E-state index contributed by atoms with van der Waals surface area (Å²) in [6.07, 6.45) is 11.2. The molecule has 0 radical (unpaired) electrons. The summed E-state index contributed by atoms with van der Waals surface area (Å²) >= 11 is 0. The molecule has 1 aliphatic carbocycles. The van der Waals surface area contributed by atoms with Crippen molar-refractivity contribution in [1.29, 1.82) is 0 Å². The molecule has 1 aliphatic rings. The highest BCUT2D eigenvalue weighted by molar-refractivity contribution is 5.21. The minimum Gasteiger partial charge on any atom is -0.320 e. The maximum atomic E-state index is 3.35. The molecule has 1 nitrogen and oxygen atoms in total. The maximum absolute atomic E-state index is 3.35. The topological polar surface area (TPSA) is 12.0 Å². The predicted molar refractivity (Wildman–Crippen MR) is 83.6 cm³/mol. The molecule has 0 unspecified atom stereocenters. The first-order valence-corrected chi connectivity index (χ1v) is 7.94. The molecule has 1 fully saturated rings. The van der Waals surface area contributed by atoms with Crippen molar-refractivity contribution in [2.75, 3.05) is 13.6 Å². The van der Waals surface area contributed by atoms with E-state index in [4.69, 9.17) is 0 Å². The average Bonchev–Trinajstić information content (AvgIpc) is 2.46. The van der Waals surface area contributed by atoms with Crippen LogP contribution in [0.15, 0.2) is 24.3 Å². The van der Waals surface area contributed by atoms with Gasteiger partial charge in [0, 0.05) is 0 Å². The smallest absolute Gasteiger partial charge is 0.00466 e. The summed E-state index contributed by atoms with van der Waals surface area (Å²) in [7, 11) is 2.08. The van der Waals surface area contributed by atoms with E-state index in [9.17, 15) is 0 Å². The zero-order valence-electron chi connectivity index (χ0n) is 12.7. The van der Waals surface area contributed by atoms with E-state index in [0.29, 0.717) is 5.41 Å². The van der Waals surface area contributed by atoms with E-state index in [0.717, 1.165) is 0 Å². The molecule has 0 aliphatic heterocycles. The van der Waals surface area contributed by atoms with Crippen LogP contribution in [0, 0.1) is 12.3 Å². The average molecular weight is 259 g/mol. The number of nitrogens with one attached hydrogen (secondary N) is 1. The Kier molecular flexibility index (Phi) is 5.45. The second kappa shape index (κ2) is 7.09. The molecule has 0 spiro atoms. The molecule has 1 heteroatoms. The zero-order valence-corrected chi connectivity index (χ0v) is 12.7. The first-order chi connectivity index (χ1) is 9.24. The van der Waals surface area contributed by atoms with Gasteiger partial charge in [0.15, 0.2) is 0 Å². The summed E-state index contributed by atoms with van der Waals surface area (Å²) in [6, 6.07) is 9.11. The highest BCUT2D eigenvalue weighted by Crippen LogP contribution is 2.42. The second-order valence-corrected chi connectivity index (χ2v) is 6.40. The Hall–Kier alpha value is -0.820. The van der Waals surface area contributed by atoms with Crippen molar-refractivity contribution >= 4 is 0 Å². The van der Waals surface area contributed by atoms with Crippen molar-refractivity contribution in [2.24, 2.45) is 5.41 Å². The first kappa shape index (κ1) is 14.6. The third-order valence-corrected chi connectivity index (χ3v) is 4.88. The van der Waals surface area contributed by atoms with E-state index in [1.807, 2.05) is 0 Å². The van der Waals surface area contributed by atoms with Gasteiger partial charge in [0.2, 0.25) is 0 Å². The molecule has 0 amide bonds. The highest BCUT2D eigenvalue weighted by Gasteiger charge is 2.30. The second-order valence-electron chi connectivity index (χ2n) is 6.40. The largest absolute Gasteiger partial charge is 0.320 e. The van der Waals surface area contributed by atoms with Gasteiger partial charge in [-0.2, -0.15) is 0 Å². The number of hydrogen-bond donors (Lipinski definition) is 1. The fourth-order valence-corrected chi connectivity index (χ4v) is 3.48. The minimum absolute atomic E-state index is 0.617. The molecule has 0 bridgehead atoms. The normalized spacial score (nSPS) is 18.4. The standard InChI is InChI=1S/C18H29N/c1-16-6-8-17(9-7-16)10-13-18(14-15-19-2)11-4-3-5-12-18/h6-9,19H,3-5,10-15H2,1-2H3. The Balaban J connectivity index is 1.93. The van der Waals surface area contributed by atoms with Crippen LogP contribution in [0.3, 0.4) is 0 Å². The fourth-order valence-electron chi connectivity index (χ4n) is 3.48. The van der Waals surface area contributed by atoms with Gasteiger partial charge >= 0.3 is 0 Å². The Morgan fingerprint density at radius 2 is 1.68 bits per heavy atom. The lowest BCUT2D eigenvalue weighted by molar-refractivity contribution is 0.157. The SMILES string of the molecule is CNCCC1(CCc2ccc(C)cc2)CCCCC1. The Morgan fingerprint density at radius 1 is 1.00 bits per heavy atom. The van der Waals surface area contributed by atoms with Crippen LogP contribution in [0.4, 0.5) is 0 Å². The molecule has 106 valence electrons. The van der Waals surface area contributed by atoms with Crippen LogP contribution in [0.2, 0.25) is 0 Å². The van der Waals surface area contributed by atoms with Gasteiger partial charge in [0.1, 0.15) is 0 Å². The minimum atomic E-state index is 0.617. The third-order valence-electron chi connectivity index (χ3n) is 4.88. The maximum Gasteiger partial charge on any atom is -0.00466 e. The van der Waals surface area contributed by atoms with E-state index in [2.05, 4.69) is 43.6 Å². The van der Waals surface area contributed by atoms with Gasteiger partial charge < -0.3 is 5.32 Å². The number of rotatable bonds is 6. The van der Waals surface area contributed by atoms with E-state index in [1.165, 1.54) is 69.0 Å². The lowest BCUT2D eigenvalue weighted by atomic mass is 9.68. The van der Waals surface area contributed by atoms with E-state index in [1.54, 1.807) is 0 Å². The van der Waals surface area contributed by atoms with Crippen molar-refractivity contribution in [3.8, 4) is 0 Å². The first-order valence-electron chi connectivity index (χ1n) is 7.94. The van der Waals surface area contributed by atoms with Crippen molar-refractivity contribution in [1.82, 2.24) is 5.32 Å². The Bertz CT molecular complexity index is 360. The van der Waals surface area contributed by atoms with Crippen LogP contribution < -0.4 is 5.32 Å². The molecule has 0 aromatic heterocycles. The molecule has 0 heterocycles. The molecule has 0 atom stereocenters. The molecule has 19 heavy (non-hydrogen) atoms. The Labute approximate surface area is 118 Å². The van der Waals surface area contributed by atoms with Crippen molar-refractivity contribution in [2.45, 2.75) is 58.3 Å². The fraction of sp³-hybridized carbons (Fsp3) is 0.667. The van der Waals surface area contributed by atoms with Gasteiger partial charge in [-0.3, -0.25) is 0 Å². The van der Waals surface area contributed by atoms with Gasteiger partial charge in [-0.15, -0.1) is 0 Å². The summed E-state index contributed by atoms with van der Waals surface area (Å²) in [6.45, 7) is 3.34. The lowest BCUT2D eigenvalue weighted by Gasteiger charge is -2.38. The summed E-state index contributed by atoms with van der Waals surface area (Å²) < 4.78 is 0. The summed E-state index contributed by atoms with van der Waals surface area (Å²) in [5.41, 5.74) is 3.50. The lowest BCUT2D eigenvalue weighted by Crippen LogP contribution is -2.28. The molecule has 0 saturated heterocycles. The van der Waals surface area contributed by atoms with Gasteiger partial charge in [0.05, 0.1) is 0 Å². The van der Waals surface area contributed by atoms with Gasteiger partial charge in [-0.1, -0.05) is 49.1 Å². The zero-order chi connectivity index (χ0) is 13.6. The molecule has 1 saturated carbocycles. The van der Waals surface area contributed by atoms with Crippen LogP contribution in [0.5, 0.6) is 0 Å². The van der Waals surface area contributed by atoms with Crippen LogP contribution in [-0.4, -0.2) is 13.6 Å². The van der Waals surface area contributed by atoms with E-state index < -0.39 is 0 Å². The van der Waals surface area contributed by atoms with Crippen LogP contribution in [0.25, 0.3) is 0 Å². The van der Waals surface area contributed by atoms with E-state index >= 15 is 0 Å². The quantitative estimate of drug-likeness (QED) is 0.794. The summed E-state index contributed by atoms with van der Waals surface area (Å²) in [4.78, 5) is 0. The number of hydrogen-bond acceptors (Lipinski definition) is 1. The van der Waals surface area contributed by atoms with E-state index in [-0.39, 0.29) is 0 Å². The number of benzene rings is 1. The summed E-state index contributed by atoms with van der Waals surface area (Å²) in [5, 5.41) is 3.35.